The van der Waals surface area contributed by atoms with E-state index in [9.17, 15) is 0 Å². The molecule has 0 saturated carbocycles. The number of nitrogens with zero attached hydrogens (tertiary/aromatic N) is 2. The third kappa shape index (κ3) is 5.56. The van der Waals surface area contributed by atoms with E-state index in [2.05, 4.69) is 222 Å². The summed E-state index contributed by atoms with van der Waals surface area (Å²) in [7, 11) is 0. The van der Waals surface area contributed by atoms with E-state index in [1.54, 1.807) is 0 Å². The van der Waals surface area contributed by atoms with Gasteiger partial charge in [0.2, 0.25) is 0 Å². The van der Waals surface area contributed by atoms with Gasteiger partial charge >= 0.3 is 0 Å². The largest absolute Gasteiger partial charge is 0.309 e. The zero-order valence-corrected chi connectivity index (χ0v) is 31.8. The lowest BCUT2D eigenvalue weighted by molar-refractivity contribution is 0.768. The molecule has 11 rings (SSSR count). The van der Waals surface area contributed by atoms with Gasteiger partial charge in [-0.2, -0.15) is 0 Å². The van der Waals surface area contributed by atoms with Gasteiger partial charge in [-0.1, -0.05) is 159 Å². The molecule has 0 bridgehead atoms. The Morgan fingerprint density at radius 3 is 1.49 bits per heavy atom. The van der Waals surface area contributed by atoms with Gasteiger partial charge in [-0.3, -0.25) is 0 Å². The van der Waals surface area contributed by atoms with Gasteiger partial charge in [0.05, 0.1) is 22.2 Å². The van der Waals surface area contributed by atoms with Gasteiger partial charge in [-0.15, -0.1) is 0 Å². The maximum atomic E-state index is 2.51. The minimum atomic E-state index is 0.403. The molecule has 0 saturated heterocycles. The molecule has 10 aromatic rings. The summed E-state index contributed by atoms with van der Waals surface area (Å²) in [5, 5.41) is 3.84. The Labute approximate surface area is 333 Å². The molecule has 2 nitrogen and oxygen atoms in total. The first-order valence-electron chi connectivity index (χ1n) is 20.0. The van der Waals surface area contributed by atoms with Crippen LogP contribution in [0.1, 0.15) is 36.1 Å². The van der Waals surface area contributed by atoms with Crippen molar-refractivity contribution in [2.45, 2.75) is 19.3 Å². The summed E-state index contributed by atoms with van der Waals surface area (Å²) in [4.78, 5) is 0. The fourth-order valence-electron chi connectivity index (χ4n) is 9.25. The molecule has 0 aliphatic heterocycles. The minimum absolute atomic E-state index is 0.403. The monoisotopic (exact) mass is 728 g/mol. The summed E-state index contributed by atoms with van der Waals surface area (Å²) in [6.45, 7) is 2.38. The molecule has 0 fully saturated rings. The molecular formula is C55H40N2. The Morgan fingerprint density at radius 2 is 0.860 bits per heavy atom. The van der Waals surface area contributed by atoms with Crippen LogP contribution in [0.3, 0.4) is 0 Å². The zero-order valence-electron chi connectivity index (χ0n) is 31.8. The van der Waals surface area contributed by atoms with E-state index >= 15 is 0 Å². The molecule has 1 atom stereocenters. The van der Waals surface area contributed by atoms with E-state index in [0.717, 1.165) is 12.1 Å². The zero-order chi connectivity index (χ0) is 37.9. The van der Waals surface area contributed by atoms with E-state index in [-0.39, 0.29) is 0 Å². The molecule has 0 spiro atoms. The predicted octanol–water partition coefficient (Wildman–Crippen LogP) is 14.7. The van der Waals surface area contributed by atoms with Crippen molar-refractivity contribution in [2.75, 3.05) is 0 Å². The van der Waals surface area contributed by atoms with Crippen molar-refractivity contribution in [2.24, 2.45) is 0 Å². The van der Waals surface area contributed by atoms with E-state index < -0.39 is 0 Å². The Hall–Kier alpha value is -7.16. The van der Waals surface area contributed by atoms with Gasteiger partial charge in [-0.05, 0) is 111 Å². The second-order valence-electron chi connectivity index (χ2n) is 15.4. The minimum Gasteiger partial charge on any atom is -0.309 e. The van der Waals surface area contributed by atoms with Crippen molar-refractivity contribution in [3.05, 3.63) is 223 Å². The van der Waals surface area contributed by atoms with Crippen LogP contribution >= 0.6 is 0 Å². The molecule has 2 aromatic heterocycles. The SMILES string of the molecule is CC1CC=C(c2ccc3c(c2)c2ccccc2n3-c2cc(-c3ccccc3)cc(-c3ccccc3)c2)c2c1c1ccccc1n2-c1ccc(-c2ccccc2)cc1. The molecule has 1 aliphatic carbocycles. The van der Waals surface area contributed by atoms with Crippen LogP contribution in [0.15, 0.2) is 206 Å². The van der Waals surface area contributed by atoms with E-state index in [0.29, 0.717) is 5.92 Å². The van der Waals surface area contributed by atoms with Crippen molar-refractivity contribution in [3.63, 3.8) is 0 Å². The van der Waals surface area contributed by atoms with E-state index in [1.165, 1.54) is 94.2 Å². The molecule has 1 aliphatic rings. The van der Waals surface area contributed by atoms with Crippen LogP contribution in [0.5, 0.6) is 0 Å². The highest BCUT2D eigenvalue weighted by Crippen LogP contribution is 2.46. The molecule has 0 radical (unpaired) electrons. The number of hydrogen-bond acceptors (Lipinski definition) is 0. The van der Waals surface area contributed by atoms with Crippen LogP contribution < -0.4 is 0 Å². The number of allylic oxidation sites excluding steroid dienone is 1. The Kier molecular flexibility index (Phi) is 7.89. The molecule has 270 valence electrons. The third-order valence-electron chi connectivity index (χ3n) is 11.9. The summed E-state index contributed by atoms with van der Waals surface area (Å²) in [5.74, 6) is 0.403. The van der Waals surface area contributed by atoms with Crippen LogP contribution in [0.25, 0.3) is 83.0 Å². The highest BCUT2D eigenvalue weighted by molar-refractivity contribution is 6.11. The molecule has 2 heteroatoms. The first-order chi connectivity index (χ1) is 28.2. The standard InChI is InChI=1S/C55H40N2/c1-37-25-31-47(55-54(37)49-22-12-14-24-52(49)57(55)45-29-26-41(27-30-45)38-15-5-2-6-16-38)42-28-32-53-50(36-42)48-21-11-13-23-51(48)56(53)46-34-43(39-17-7-3-8-18-39)33-44(35-46)40-19-9-4-10-20-40/h2-24,26-37H,25H2,1H3. The van der Waals surface area contributed by atoms with Crippen molar-refractivity contribution in [3.8, 4) is 44.8 Å². The normalized spacial score (nSPS) is 13.9. The van der Waals surface area contributed by atoms with E-state index in [1.807, 2.05) is 0 Å². The molecule has 2 heterocycles. The van der Waals surface area contributed by atoms with Crippen LogP contribution in [-0.2, 0) is 0 Å². The Bertz CT molecular complexity index is 3070. The number of fused-ring (bicyclic) bond motifs is 6. The summed E-state index contributed by atoms with van der Waals surface area (Å²) in [6, 6.07) is 73.2. The van der Waals surface area contributed by atoms with Gasteiger partial charge in [-0.25, -0.2) is 0 Å². The van der Waals surface area contributed by atoms with Crippen molar-refractivity contribution >= 4 is 38.3 Å². The van der Waals surface area contributed by atoms with Gasteiger partial charge < -0.3 is 9.13 Å². The Morgan fingerprint density at radius 1 is 0.368 bits per heavy atom. The molecule has 0 N–H and O–H groups in total. The van der Waals surface area contributed by atoms with Crippen LogP contribution in [0, 0.1) is 0 Å². The van der Waals surface area contributed by atoms with Crippen molar-refractivity contribution < 1.29 is 0 Å². The fraction of sp³-hybridized carbons (Fsp3) is 0.0545. The molecule has 0 amide bonds. The maximum Gasteiger partial charge on any atom is 0.0578 e. The first kappa shape index (κ1) is 33.2. The number of benzene rings is 8. The average molecular weight is 729 g/mol. The van der Waals surface area contributed by atoms with Crippen LogP contribution in [0.4, 0.5) is 0 Å². The molecule has 8 aromatic carbocycles. The average Bonchev–Trinajstić information content (AvgIpc) is 3.81. The lowest BCUT2D eigenvalue weighted by atomic mass is 9.84. The van der Waals surface area contributed by atoms with E-state index in [4.69, 9.17) is 0 Å². The van der Waals surface area contributed by atoms with Crippen LogP contribution in [0.2, 0.25) is 0 Å². The lowest BCUT2D eigenvalue weighted by Crippen LogP contribution is -2.08. The smallest absolute Gasteiger partial charge is 0.0578 e. The topological polar surface area (TPSA) is 9.86 Å². The number of para-hydroxylation sites is 2. The second-order valence-corrected chi connectivity index (χ2v) is 15.4. The summed E-state index contributed by atoms with van der Waals surface area (Å²) < 4.78 is 4.97. The quantitative estimate of drug-likeness (QED) is 0.161. The van der Waals surface area contributed by atoms with Crippen molar-refractivity contribution in [1.82, 2.24) is 9.13 Å². The highest BCUT2D eigenvalue weighted by atomic mass is 15.0. The molecular weight excluding hydrogens is 689 g/mol. The summed E-state index contributed by atoms with van der Waals surface area (Å²) in [5.41, 5.74) is 18.5. The third-order valence-corrected chi connectivity index (χ3v) is 11.9. The van der Waals surface area contributed by atoms with Crippen molar-refractivity contribution in [1.29, 1.82) is 0 Å². The summed E-state index contributed by atoms with van der Waals surface area (Å²) >= 11 is 0. The number of aromatic nitrogens is 2. The van der Waals surface area contributed by atoms with Gasteiger partial charge in [0.15, 0.2) is 0 Å². The predicted molar refractivity (Wildman–Crippen MR) is 240 cm³/mol. The lowest BCUT2D eigenvalue weighted by Gasteiger charge is -2.23. The molecule has 1 unspecified atom stereocenters. The van der Waals surface area contributed by atoms with Gasteiger partial charge in [0.25, 0.3) is 0 Å². The summed E-state index contributed by atoms with van der Waals surface area (Å²) in [6.07, 6.45) is 3.48. The number of rotatable bonds is 6. The maximum absolute atomic E-state index is 2.51. The van der Waals surface area contributed by atoms with Gasteiger partial charge in [0, 0.05) is 33.1 Å². The number of hydrogen-bond donors (Lipinski definition) is 0. The Balaban J connectivity index is 1.10. The van der Waals surface area contributed by atoms with Crippen LogP contribution in [-0.4, -0.2) is 9.13 Å². The molecule has 57 heavy (non-hydrogen) atoms. The first-order valence-corrected chi connectivity index (χ1v) is 20.0. The van der Waals surface area contributed by atoms with Gasteiger partial charge in [0.1, 0.15) is 0 Å². The second kappa shape index (κ2) is 13.5. The fourth-order valence-corrected chi connectivity index (χ4v) is 9.25. The highest BCUT2D eigenvalue weighted by Gasteiger charge is 2.29.